The van der Waals surface area contributed by atoms with E-state index in [2.05, 4.69) is 38.3 Å². The fourth-order valence-corrected chi connectivity index (χ4v) is 2.32. The molecule has 0 fully saturated rings. The highest BCUT2D eigenvalue weighted by atomic mass is 15.2. The average Bonchev–Trinajstić information content (AvgIpc) is 2.33. The number of nitrogens with one attached hydrogen (secondary N) is 1. The predicted molar refractivity (Wildman–Crippen MR) is 73.1 cm³/mol. The first-order valence-electron chi connectivity index (χ1n) is 5.96. The molecule has 0 spiro atoms. The molecular formula is C14H19N3. The normalized spacial score (nSPS) is 10.9. The smallest absolute Gasteiger partial charge is 0.0758 e. The molecule has 0 aliphatic carbocycles. The first-order valence-corrected chi connectivity index (χ1v) is 5.96. The molecular weight excluding hydrogens is 210 g/mol. The number of hydrogen-bond acceptors (Lipinski definition) is 3. The van der Waals surface area contributed by atoms with Crippen molar-refractivity contribution >= 4 is 16.6 Å². The number of nitrogens with two attached hydrogens (primary N) is 1. The molecule has 3 nitrogen and oxygen atoms in total. The standard InChI is InChI=1S/C14H19N3/c1-5-11-10(4)16-13-9(3)8(2)6-7-12(13)14(11)17-15/h6-7H,5,15H2,1-4H3,(H,16,17). The summed E-state index contributed by atoms with van der Waals surface area (Å²) in [5.41, 5.74) is 9.64. The third-order valence-corrected chi connectivity index (χ3v) is 3.49. The Hall–Kier alpha value is -1.61. The summed E-state index contributed by atoms with van der Waals surface area (Å²) in [5.74, 6) is 5.67. The van der Waals surface area contributed by atoms with Crippen molar-refractivity contribution < 1.29 is 0 Å². The van der Waals surface area contributed by atoms with Gasteiger partial charge in [0.2, 0.25) is 0 Å². The number of fused-ring (bicyclic) bond motifs is 1. The lowest BCUT2D eigenvalue weighted by Gasteiger charge is -2.15. The van der Waals surface area contributed by atoms with Gasteiger partial charge in [-0.25, -0.2) is 0 Å². The molecule has 0 bridgehead atoms. The molecule has 90 valence electrons. The van der Waals surface area contributed by atoms with Crippen LogP contribution >= 0.6 is 0 Å². The van der Waals surface area contributed by atoms with Crippen LogP contribution in [-0.4, -0.2) is 4.98 Å². The van der Waals surface area contributed by atoms with Crippen molar-refractivity contribution in [2.24, 2.45) is 5.84 Å². The molecule has 1 aromatic heterocycles. The van der Waals surface area contributed by atoms with E-state index in [0.717, 1.165) is 28.7 Å². The topological polar surface area (TPSA) is 50.9 Å². The Kier molecular flexibility index (Phi) is 3.03. The van der Waals surface area contributed by atoms with Crippen LogP contribution in [0.25, 0.3) is 10.9 Å². The Morgan fingerprint density at radius 1 is 1.24 bits per heavy atom. The molecule has 0 saturated carbocycles. The van der Waals surface area contributed by atoms with Crippen molar-refractivity contribution in [2.45, 2.75) is 34.1 Å². The van der Waals surface area contributed by atoms with E-state index in [9.17, 15) is 0 Å². The molecule has 3 N–H and O–H groups in total. The van der Waals surface area contributed by atoms with E-state index in [0.29, 0.717) is 0 Å². The van der Waals surface area contributed by atoms with Gasteiger partial charge in [-0.2, -0.15) is 0 Å². The summed E-state index contributed by atoms with van der Waals surface area (Å²) >= 11 is 0. The number of nitrogen functional groups attached to an aromatic ring is 1. The molecule has 2 aromatic rings. The maximum absolute atomic E-state index is 5.67. The maximum Gasteiger partial charge on any atom is 0.0758 e. The SMILES string of the molecule is CCc1c(C)nc2c(C)c(C)ccc2c1NN. The van der Waals surface area contributed by atoms with Gasteiger partial charge in [0.1, 0.15) is 0 Å². The Labute approximate surface area is 102 Å². The Morgan fingerprint density at radius 2 is 1.94 bits per heavy atom. The van der Waals surface area contributed by atoms with Gasteiger partial charge in [-0.05, 0) is 43.9 Å². The zero-order valence-corrected chi connectivity index (χ0v) is 10.9. The molecule has 0 unspecified atom stereocenters. The highest BCUT2D eigenvalue weighted by Gasteiger charge is 2.12. The van der Waals surface area contributed by atoms with Gasteiger partial charge in [-0.15, -0.1) is 0 Å². The second-order valence-corrected chi connectivity index (χ2v) is 4.45. The van der Waals surface area contributed by atoms with E-state index in [-0.39, 0.29) is 0 Å². The van der Waals surface area contributed by atoms with Crippen molar-refractivity contribution in [1.82, 2.24) is 4.98 Å². The molecule has 0 aliphatic heterocycles. The van der Waals surface area contributed by atoms with Gasteiger partial charge in [0.15, 0.2) is 0 Å². The van der Waals surface area contributed by atoms with Crippen LogP contribution in [0, 0.1) is 20.8 Å². The van der Waals surface area contributed by atoms with E-state index < -0.39 is 0 Å². The third-order valence-electron chi connectivity index (χ3n) is 3.49. The van der Waals surface area contributed by atoms with Crippen molar-refractivity contribution in [1.29, 1.82) is 0 Å². The summed E-state index contributed by atoms with van der Waals surface area (Å²) in [6, 6.07) is 4.22. The van der Waals surface area contributed by atoms with E-state index in [1.807, 2.05) is 6.92 Å². The maximum atomic E-state index is 5.67. The first kappa shape index (κ1) is 11.9. The summed E-state index contributed by atoms with van der Waals surface area (Å²) in [5, 5.41) is 1.11. The molecule has 0 amide bonds. The molecule has 0 radical (unpaired) electrons. The molecule has 3 heteroatoms. The van der Waals surface area contributed by atoms with Crippen LogP contribution in [0.15, 0.2) is 12.1 Å². The molecule has 0 atom stereocenters. The van der Waals surface area contributed by atoms with Crippen LogP contribution in [0.4, 0.5) is 5.69 Å². The van der Waals surface area contributed by atoms with Gasteiger partial charge in [0, 0.05) is 11.1 Å². The number of benzene rings is 1. The number of rotatable bonds is 2. The number of hydrogen-bond donors (Lipinski definition) is 2. The Morgan fingerprint density at radius 3 is 2.53 bits per heavy atom. The summed E-state index contributed by atoms with van der Waals surface area (Å²) in [7, 11) is 0. The van der Waals surface area contributed by atoms with Crippen LogP contribution in [0.3, 0.4) is 0 Å². The fraction of sp³-hybridized carbons (Fsp3) is 0.357. The highest BCUT2D eigenvalue weighted by molar-refractivity contribution is 5.95. The minimum atomic E-state index is 0.932. The van der Waals surface area contributed by atoms with E-state index in [4.69, 9.17) is 10.8 Å². The van der Waals surface area contributed by atoms with Gasteiger partial charge in [-0.3, -0.25) is 10.8 Å². The second kappa shape index (κ2) is 4.34. The zero-order chi connectivity index (χ0) is 12.6. The summed E-state index contributed by atoms with van der Waals surface area (Å²) in [4.78, 5) is 4.72. The number of aryl methyl sites for hydroxylation is 3. The largest absolute Gasteiger partial charge is 0.323 e. The van der Waals surface area contributed by atoms with Crippen LogP contribution in [-0.2, 0) is 6.42 Å². The van der Waals surface area contributed by atoms with Gasteiger partial charge >= 0.3 is 0 Å². The molecule has 1 aromatic carbocycles. The van der Waals surface area contributed by atoms with Crippen molar-refractivity contribution in [3.8, 4) is 0 Å². The van der Waals surface area contributed by atoms with Crippen molar-refractivity contribution in [3.05, 3.63) is 34.5 Å². The van der Waals surface area contributed by atoms with E-state index in [1.54, 1.807) is 0 Å². The van der Waals surface area contributed by atoms with Crippen LogP contribution in [0.1, 0.15) is 29.3 Å². The van der Waals surface area contributed by atoms with E-state index in [1.165, 1.54) is 16.7 Å². The van der Waals surface area contributed by atoms with Crippen molar-refractivity contribution in [2.75, 3.05) is 5.43 Å². The number of hydrazine groups is 1. The van der Waals surface area contributed by atoms with Crippen LogP contribution < -0.4 is 11.3 Å². The van der Waals surface area contributed by atoms with Crippen LogP contribution in [0.2, 0.25) is 0 Å². The Balaban J connectivity index is 2.92. The number of pyridine rings is 1. The fourth-order valence-electron chi connectivity index (χ4n) is 2.32. The molecule has 2 rings (SSSR count). The molecule has 1 heterocycles. The molecule has 0 saturated heterocycles. The average molecular weight is 229 g/mol. The predicted octanol–water partition coefficient (Wildman–Crippen LogP) is 3.01. The number of nitrogens with zero attached hydrogens (tertiary/aromatic N) is 1. The lowest BCUT2D eigenvalue weighted by Crippen LogP contribution is -2.12. The zero-order valence-electron chi connectivity index (χ0n) is 10.9. The highest BCUT2D eigenvalue weighted by Crippen LogP contribution is 2.30. The summed E-state index contributed by atoms with van der Waals surface area (Å²) < 4.78 is 0. The third kappa shape index (κ3) is 1.76. The monoisotopic (exact) mass is 229 g/mol. The quantitative estimate of drug-likeness (QED) is 0.615. The number of aromatic nitrogens is 1. The van der Waals surface area contributed by atoms with Crippen molar-refractivity contribution in [3.63, 3.8) is 0 Å². The van der Waals surface area contributed by atoms with Crippen LogP contribution in [0.5, 0.6) is 0 Å². The second-order valence-electron chi connectivity index (χ2n) is 4.45. The molecule has 0 aliphatic rings. The van der Waals surface area contributed by atoms with E-state index >= 15 is 0 Å². The Bertz CT molecular complexity index is 573. The number of anilines is 1. The summed E-state index contributed by atoms with van der Waals surface area (Å²) in [6.07, 6.45) is 0.932. The van der Waals surface area contributed by atoms with Gasteiger partial charge in [0.05, 0.1) is 11.2 Å². The van der Waals surface area contributed by atoms with Gasteiger partial charge in [0.25, 0.3) is 0 Å². The minimum absolute atomic E-state index is 0.932. The lowest BCUT2D eigenvalue weighted by molar-refractivity contribution is 1.06. The lowest BCUT2D eigenvalue weighted by atomic mass is 9.99. The first-order chi connectivity index (χ1) is 8.10. The van der Waals surface area contributed by atoms with Gasteiger partial charge in [-0.1, -0.05) is 19.1 Å². The summed E-state index contributed by atoms with van der Waals surface area (Å²) in [6.45, 7) is 8.38. The molecule has 17 heavy (non-hydrogen) atoms. The minimum Gasteiger partial charge on any atom is -0.323 e. The van der Waals surface area contributed by atoms with Gasteiger partial charge < -0.3 is 5.43 Å².